The van der Waals surface area contributed by atoms with Crippen molar-refractivity contribution in [3.63, 3.8) is 0 Å². The van der Waals surface area contributed by atoms with Crippen LogP contribution in [-0.4, -0.2) is 20.3 Å². The minimum absolute atomic E-state index is 0.474. The van der Waals surface area contributed by atoms with Gasteiger partial charge >= 0.3 is 0 Å². The molecule has 0 spiro atoms. The van der Waals surface area contributed by atoms with E-state index >= 15 is 0 Å². The smallest absolute Gasteiger partial charge is 0.0830 e. The van der Waals surface area contributed by atoms with Crippen LogP contribution in [0.15, 0.2) is 30.5 Å². The van der Waals surface area contributed by atoms with Crippen LogP contribution in [-0.2, 0) is 19.9 Å². The summed E-state index contributed by atoms with van der Waals surface area (Å²) in [5.74, 6) is 0.474. The first-order valence-electron chi connectivity index (χ1n) is 5.83. The van der Waals surface area contributed by atoms with E-state index in [4.69, 9.17) is 11.6 Å². The summed E-state index contributed by atoms with van der Waals surface area (Å²) in [5, 5.41) is 9.84. The fraction of sp³-hybridized carbons (Fsp3) is 0.385. The van der Waals surface area contributed by atoms with Crippen molar-refractivity contribution >= 4 is 27.5 Å². The summed E-state index contributed by atoms with van der Waals surface area (Å²) in [7, 11) is 1.88. The zero-order valence-corrected chi connectivity index (χ0v) is 12.5. The Labute approximate surface area is 120 Å². The van der Waals surface area contributed by atoms with Gasteiger partial charge in [0.15, 0.2) is 0 Å². The molecule has 0 aliphatic rings. The van der Waals surface area contributed by atoms with Crippen LogP contribution in [0, 0.1) is 5.92 Å². The molecule has 0 amide bonds. The number of aromatic nitrogens is 3. The fourth-order valence-electron chi connectivity index (χ4n) is 1.94. The minimum Gasteiger partial charge on any atom is -0.255 e. The monoisotopic (exact) mass is 327 g/mol. The Bertz CT molecular complexity index is 512. The van der Waals surface area contributed by atoms with Crippen molar-refractivity contribution < 1.29 is 0 Å². The molecule has 96 valence electrons. The number of hydrogen-bond donors (Lipinski definition) is 0. The van der Waals surface area contributed by atoms with Crippen molar-refractivity contribution in [3.05, 3.63) is 46.7 Å². The first-order valence-corrected chi connectivity index (χ1v) is 7.33. The Balaban J connectivity index is 2.04. The van der Waals surface area contributed by atoms with Gasteiger partial charge in [-0.1, -0.05) is 50.9 Å². The zero-order valence-electron chi connectivity index (χ0n) is 10.2. The van der Waals surface area contributed by atoms with E-state index < -0.39 is 0 Å². The second-order valence-corrected chi connectivity index (χ2v) is 5.46. The summed E-state index contributed by atoms with van der Waals surface area (Å²) in [6.07, 6.45) is 3.81. The molecule has 0 saturated heterocycles. The molecular formula is C13H15BrClN3. The van der Waals surface area contributed by atoms with Gasteiger partial charge in [0.25, 0.3) is 0 Å². The van der Waals surface area contributed by atoms with E-state index in [-0.39, 0.29) is 0 Å². The highest BCUT2D eigenvalue weighted by Gasteiger charge is 2.13. The number of aryl methyl sites for hydroxylation is 1. The predicted molar refractivity (Wildman–Crippen MR) is 77.1 cm³/mol. The highest BCUT2D eigenvalue weighted by molar-refractivity contribution is 9.09. The van der Waals surface area contributed by atoms with Gasteiger partial charge in [0.1, 0.15) is 0 Å². The predicted octanol–water partition coefficient (Wildman–Crippen LogP) is 3.26. The van der Waals surface area contributed by atoms with Crippen molar-refractivity contribution in [3.8, 4) is 0 Å². The molecule has 5 heteroatoms. The molecule has 0 fully saturated rings. The van der Waals surface area contributed by atoms with Gasteiger partial charge in [0.05, 0.1) is 5.69 Å². The largest absolute Gasteiger partial charge is 0.255 e. The van der Waals surface area contributed by atoms with Gasteiger partial charge in [-0.25, -0.2) is 0 Å². The molecule has 2 rings (SSSR count). The van der Waals surface area contributed by atoms with Gasteiger partial charge in [-0.2, -0.15) is 0 Å². The molecule has 3 nitrogen and oxygen atoms in total. The number of alkyl halides is 1. The standard InChI is InChI=1S/C13H15BrClN3/c1-18-9-12(16-17-18)7-10(8-14)6-11-4-2-3-5-13(11)15/h2-5,9-10H,6-8H2,1H3. The summed E-state index contributed by atoms with van der Waals surface area (Å²) in [6.45, 7) is 0. The third-order valence-electron chi connectivity index (χ3n) is 2.83. The highest BCUT2D eigenvalue weighted by Crippen LogP contribution is 2.21. The number of rotatable bonds is 5. The van der Waals surface area contributed by atoms with Gasteiger partial charge in [0.2, 0.25) is 0 Å². The Morgan fingerprint density at radius 1 is 1.33 bits per heavy atom. The Morgan fingerprint density at radius 2 is 2.11 bits per heavy atom. The molecule has 0 saturated carbocycles. The topological polar surface area (TPSA) is 30.7 Å². The van der Waals surface area contributed by atoms with Crippen LogP contribution >= 0.6 is 27.5 Å². The third-order valence-corrected chi connectivity index (χ3v) is 4.12. The molecule has 1 heterocycles. The number of halogens is 2. The average Bonchev–Trinajstić information content (AvgIpc) is 2.76. The first kappa shape index (κ1) is 13.6. The lowest BCUT2D eigenvalue weighted by molar-refractivity contribution is 0.581. The van der Waals surface area contributed by atoms with Crippen molar-refractivity contribution in [2.75, 3.05) is 5.33 Å². The summed E-state index contributed by atoms with van der Waals surface area (Å²) in [5.41, 5.74) is 2.21. The second kappa shape index (κ2) is 6.34. The molecule has 1 atom stereocenters. The lowest BCUT2D eigenvalue weighted by Crippen LogP contribution is -2.10. The fourth-order valence-corrected chi connectivity index (χ4v) is 2.61. The number of hydrogen-bond acceptors (Lipinski definition) is 2. The maximum Gasteiger partial charge on any atom is 0.0830 e. The summed E-state index contributed by atoms with van der Waals surface area (Å²) < 4.78 is 1.73. The zero-order chi connectivity index (χ0) is 13.0. The number of benzene rings is 1. The lowest BCUT2D eigenvalue weighted by atomic mass is 9.97. The van der Waals surface area contributed by atoms with Crippen molar-refractivity contribution in [1.29, 1.82) is 0 Å². The SMILES string of the molecule is Cn1cc(CC(CBr)Cc2ccccc2Cl)nn1. The quantitative estimate of drug-likeness (QED) is 0.789. The summed E-state index contributed by atoms with van der Waals surface area (Å²) in [4.78, 5) is 0. The molecule has 1 unspecified atom stereocenters. The maximum absolute atomic E-state index is 6.18. The van der Waals surface area contributed by atoms with E-state index in [9.17, 15) is 0 Å². The molecule has 2 aromatic rings. The first-order chi connectivity index (χ1) is 8.69. The van der Waals surface area contributed by atoms with Gasteiger partial charge in [-0.3, -0.25) is 4.68 Å². The third kappa shape index (κ3) is 3.56. The van der Waals surface area contributed by atoms with Crippen LogP contribution in [0.25, 0.3) is 0 Å². The highest BCUT2D eigenvalue weighted by atomic mass is 79.9. The van der Waals surface area contributed by atoms with E-state index in [1.54, 1.807) is 4.68 Å². The molecule has 0 N–H and O–H groups in total. The van der Waals surface area contributed by atoms with Crippen LogP contribution in [0.2, 0.25) is 5.02 Å². The van der Waals surface area contributed by atoms with Gasteiger partial charge in [0, 0.05) is 23.6 Å². The molecule has 0 aliphatic carbocycles. The van der Waals surface area contributed by atoms with E-state index in [1.165, 1.54) is 5.56 Å². The molecule has 0 radical (unpaired) electrons. The molecule has 18 heavy (non-hydrogen) atoms. The molecule has 0 aliphatic heterocycles. The normalized spacial score (nSPS) is 12.6. The van der Waals surface area contributed by atoms with Crippen LogP contribution in [0.1, 0.15) is 11.3 Å². The van der Waals surface area contributed by atoms with Gasteiger partial charge < -0.3 is 0 Å². The molecule has 0 bridgehead atoms. The van der Waals surface area contributed by atoms with Crippen molar-refractivity contribution in [2.24, 2.45) is 13.0 Å². The van der Waals surface area contributed by atoms with E-state index in [0.29, 0.717) is 5.92 Å². The van der Waals surface area contributed by atoms with Gasteiger partial charge in [-0.05, 0) is 30.4 Å². The molecule has 1 aromatic heterocycles. The van der Waals surface area contributed by atoms with E-state index in [0.717, 1.165) is 28.9 Å². The molecule has 1 aromatic carbocycles. The number of nitrogens with zero attached hydrogens (tertiary/aromatic N) is 3. The van der Waals surface area contributed by atoms with E-state index in [2.05, 4.69) is 32.3 Å². The maximum atomic E-state index is 6.18. The summed E-state index contributed by atoms with van der Waals surface area (Å²) >= 11 is 9.75. The second-order valence-electron chi connectivity index (χ2n) is 4.40. The average molecular weight is 329 g/mol. The Morgan fingerprint density at radius 3 is 2.72 bits per heavy atom. The molecular weight excluding hydrogens is 314 g/mol. The van der Waals surface area contributed by atoms with E-state index in [1.807, 2.05) is 31.4 Å². The van der Waals surface area contributed by atoms with Crippen LogP contribution < -0.4 is 0 Å². The van der Waals surface area contributed by atoms with Crippen LogP contribution in [0.5, 0.6) is 0 Å². The van der Waals surface area contributed by atoms with Crippen molar-refractivity contribution in [1.82, 2.24) is 15.0 Å². The van der Waals surface area contributed by atoms with Gasteiger partial charge in [-0.15, -0.1) is 5.10 Å². The van der Waals surface area contributed by atoms with Crippen molar-refractivity contribution in [2.45, 2.75) is 12.8 Å². The summed E-state index contributed by atoms with van der Waals surface area (Å²) in [6, 6.07) is 7.99. The Kier molecular flexibility index (Phi) is 4.78. The van der Waals surface area contributed by atoms with Crippen LogP contribution in [0.3, 0.4) is 0 Å². The minimum atomic E-state index is 0.474. The van der Waals surface area contributed by atoms with Crippen LogP contribution in [0.4, 0.5) is 0 Å². The lowest BCUT2D eigenvalue weighted by Gasteiger charge is -2.13. The Hall–Kier alpha value is -0.870.